The van der Waals surface area contributed by atoms with E-state index in [9.17, 15) is 0 Å². The summed E-state index contributed by atoms with van der Waals surface area (Å²) >= 11 is 14.9. The summed E-state index contributed by atoms with van der Waals surface area (Å²) in [6.07, 6.45) is 37.3. The minimum atomic E-state index is -0.455. The summed E-state index contributed by atoms with van der Waals surface area (Å²) in [5, 5.41) is 0. The first-order chi connectivity index (χ1) is 18.9. The van der Waals surface area contributed by atoms with Crippen LogP contribution in [0.15, 0.2) is 0 Å². The van der Waals surface area contributed by atoms with E-state index in [1.807, 2.05) is 0 Å². The van der Waals surface area contributed by atoms with Gasteiger partial charge in [-0.25, -0.2) is 0 Å². The van der Waals surface area contributed by atoms with Crippen molar-refractivity contribution in [3.8, 4) is 0 Å². The molecule has 5 fully saturated rings. The van der Waals surface area contributed by atoms with Crippen molar-refractivity contribution in [3.63, 3.8) is 0 Å². The van der Waals surface area contributed by atoms with Gasteiger partial charge in [-0.2, -0.15) is 0 Å². The van der Waals surface area contributed by atoms with Gasteiger partial charge in [-0.05, 0) is 119 Å². The molecule has 0 aromatic rings. The second-order valence-corrected chi connectivity index (χ2v) is 17.2. The molecule has 0 bridgehead atoms. The van der Waals surface area contributed by atoms with E-state index < -0.39 is 4.33 Å². The Morgan fingerprint density at radius 3 is 1.31 bits per heavy atom. The Morgan fingerprint density at radius 1 is 0.462 bits per heavy atom. The molecule has 0 aromatic heterocycles. The smallest absolute Gasteiger partial charge is 0.100 e. The largest absolute Gasteiger partial charge is 0.129 e. The molecule has 2 heteroatoms. The maximum absolute atomic E-state index is 7.47. The van der Waals surface area contributed by atoms with Gasteiger partial charge in [0.1, 0.15) is 4.33 Å². The second-order valence-electron chi connectivity index (χ2n) is 15.9. The van der Waals surface area contributed by atoms with Gasteiger partial charge in [0, 0.05) is 10.8 Å². The summed E-state index contributed by atoms with van der Waals surface area (Å²) in [7, 11) is 0. The van der Waals surface area contributed by atoms with Gasteiger partial charge in [0.2, 0.25) is 0 Å². The molecule has 0 amide bonds. The lowest BCUT2D eigenvalue weighted by atomic mass is 9.42. The summed E-state index contributed by atoms with van der Waals surface area (Å²) < 4.78 is -0.455. The van der Waals surface area contributed by atoms with Crippen LogP contribution < -0.4 is 0 Å². The Labute approximate surface area is 253 Å². The van der Waals surface area contributed by atoms with Gasteiger partial charge in [0.25, 0.3) is 0 Å². The highest BCUT2D eigenvalue weighted by Gasteiger charge is 2.72. The zero-order valence-corrected chi connectivity index (χ0v) is 27.6. The van der Waals surface area contributed by atoms with Crippen molar-refractivity contribution < 1.29 is 0 Å². The lowest BCUT2D eigenvalue weighted by molar-refractivity contribution is -0.122. The molecule has 5 rings (SSSR count). The van der Waals surface area contributed by atoms with Crippen LogP contribution in [0.3, 0.4) is 0 Å². The normalized spacial score (nSPS) is 42.5. The maximum Gasteiger partial charge on any atom is 0.129 e. The standard InChI is InChI=1S/C37H64Cl2/c1-3-5-6-7-8-9-11-30-14-18-32(19-15-30)34-22-26-36(27-23-34)28-35(37(36,38)39)24-20-33(21-25-35)31-16-12-29(10-4-2)13-17-31/h29-34H,3-28H2,1-2H3/t29?,30?,31?,32?,33?,34-,35-,36-. The minimum absolute atomic E-state index is 0.243. The summed E-state index contributed by atoms with van der Waals surface area (Å²) in [6, 6.07) is 0. The highest BCUT2D eigenvalue weighted by Crippen LogP contribution is 2.77. The van der Waals surface area contributed by atoms with Gasteiger partial charge in [0.15, 0.2) is 0 Å². The minimum Gasteiger partial charge on any atom is -0.100 e. The van der Waals surface area contributed by atoms with Crippen LogP contribution in [-0.4, -0.2) is 4.33 Å². The third-order valence-corrected chi connectivity index (χ3v) is 15.4. The Hall–Kier alpha value is 0.580. The predicted molar refractivity (Wildman–Crippen MR) is 172 cm³/mol. The molecular weight excluding hydrogens is 515 g/mol. The van der Waals surface area contributed by atoms with Crippen molar-refractivity contribution in [2.24, 2.45) is 46.3 Å². The molecule has 39 heavy (non-hydrogen) atoms. The lowest BCUT2D eigenvalue weighted by Crippen LogP contribution is -2.66. The quantitative estimate of drug-likeness (QED) is 0.169. The van der Waals surface area contributed by atoms with Crippen molar-refractivity contribution in [1.82, 2.24) is 0 Å². The SMILES string of the molecule is CCCCCCCCC1CCC([C@H]2CC[C@]3(CC2)C[C@@]2(CCC(C4CCC(CCC)CC4)CC2)C3(Cl)Cl)CC1. The molecule has 226 valence electrons. The van der Waals surface area contributed by atoms with Gasteiger partial charge < -0.3 is 0 Å². The topological polar surface area (TPSA) is 0 Å². The molecule has 0 radical (unpaired) electrons. The highest BCUT2D eigenvalue weighted by molar-refractivity contribution is 6.50. The van der Waals surface area contributed by atoms with E-state index in [0.717, 1.165) is 35.5 Å². The van der Waals surface area contributed by atoms with Crippen molar-refractivity contribution in [3.05, 3.63) is 0 Å². The molecule has 0 unspecified atom stereocenters. The summed E-state index contributed by atoms with van der Waals surface area (Å²) in [4.78, 5) is 0. The molecule has 2 spiro atoms. The molecule has 0 aromatic carbocycles. The first-order valence-corrected chi connectivity index (χ1v) is 19.1. The van der Waals surface area contributed by atoms with Crippen molar-refractivity contribution >= 4 is 23.2 Å². The van der Waals surface area contributed by atoms with E-state index in [1.54, 1.807) is 0 Å². The Morgan fingerprint density at radius 2 is 0.872 bits per heavy atom. The molecule has 0 heterocycles. The maximum atomic E-state index is 7.47. The van der Waals surface area contributed by atoms with Gasteiger partial charge in [0.05, 0.1) is 0 Å². The number of halogens is 2. The Balaban J connectivity index is 1.01. The Kier molecular flexibility index (Phi) is 11.1. The van der Waals surface area contributed by atoms with Crippen molar-refractivity contribution in [2.45, 2.75) is 185 Å². The van der Waals surface area contributed by atoms with Crippen LogP contribution in [0.5, 0.6) is 0 Å². The molecular formula is C37H64Cl2. The fraction of sp³-hybridized carbons (Fsp3) is 1.00. The van der Waals surface area contributed by atoms with Crippen LogP contribution in [0, 0.1) is 46.3 Å². The van der Waals surface area contributed by atoms with E-state index >= 15 is 0 Å². The third kappa shape index (κ3) is 6.73. The average molecular weight is 580 g/mol. The van der Waals surface area contributed by atoms with Gasteiger partial charge in [-0.1, -0.05) is 97.3 Å². The monoisotopic (exact) mass is 578 g/mol. The molecule has 0 saturated heterocycles. The summed E-state index contributed by atoms with van der Waals surface area (Å²) in [6.45, 7) is 4.68. The number of rotatable bonds is 11. The number of hydrogen-bond donors (Lipinski definition) is 0. The van der Waals surface area contributed by atoms with Crippen LogP contribution in [-0.2, 0) is 0 Å². The molecule has 5 aliphatic rings. The molecule has 0 N–H and O–H groups in total. The van der Waals surface area contributed by atoms with E-state index in [4.69, 9.17) is 23.2 Å². The first-order valence-electron chi connectivity index (χ1n) is 18.3. The van der Waals surface area contributed by atoms with Crippen LogP contribution in [0.25, 0.3) is 0 Å². The van der Waals surface area contributed by atoms with Crippen molar-refractivity contribution in [2.75, 3.05) is 0 Å². The van der Waals surface area contributed by atoms with E-state index in [2.05, 4.69) is 13.8 Å². The zero-order valence-electron chi connectivity index (χ0n) is 26.1. The van der Waals surface area contributed by atoms with Crippen molar-refractivity contribution in [1.29, 1.82) is 0 Å². The molecule has 5 saturated carbocycles. The number of alkyl halides is 2. The lowest BCUT2D eigenvalue weighted by Gasteiger charge is -2.69. The van der Waals surface area contributed by atoms with Gasteiger partial charge in [-0.3, -0.25) is 0 Å². The van der Waals surface area contributed by atoms with E-state index in [-0.39, 0.29) is 10.8 Å². The van der Waals surface area contributed by atoms with Gasteiger partial charge >= 0.3 is 0 Å². The average Bonchev–Trinajstić information content (AvgIpc) is 2.97. The second kappa shape index (κ2) is 13.9. The number of unbranched alkanes of at least 4 members (excludes halogenated alkanes) is 5. The van der Waals surface area contributed by atoms with E-state index in [1.165, 1.54) is 167 Å². The molecule has 5 aliphatic carbocycles. The molecule has 0 aliphatic heterocycles. The third-order valence-electron chi connectivity index (χ3n) is 13.8. The Bertz CT molecular complexity index is 710. The fourth-order valence-corrected chi connectivity index (χ4v) is 12.2. The van der Waals surface area contributed by atoms with Crippen LogP contribution in [0.2, 0.25) is 0 Å². The fourth-order valence-electron chi connectivity index (χ4n) is 11.2. The highest BCUT2D eigenvalue weighted by atomic mass is 35.5. The summed E-state index contributed by atoms with van der Waals surface area (Å²) in [5.41, 5.74) is 0.486. The zero-order chi connectivity index (χ0) is 27.3. The molecule has 0 nitrogen and oxygen atoms in total. The summed E-state index contributed by atoms with van der Waals surface area (Å²) in [5.74, 6) is 5.99. The van der Waals surface area contributed by atoms with Crippen LogP contribution >= 0.6 is 23.2 Å². The van der Waals surface area contributed by atoms with Crippen LogP contribution in [0.4, 0.5) is 0 Å². The van der Waals surface area contributed by atoms with E-state index in [0.29, 0.717) is 0 Å². The number of hydrogen-bond acceptors (Lipinski definition) is 0. The predicted octanol–water partition coefficient (Wildman–Crippen LogP) is 13.1. The first kappa shape index (κ1) is 31.0. The molecule has 0 atom stereocenters. The van der Waals surface area contributed by atoms with Gasteiger partial charge in [-0.15, -0.1) is 23.2 Å². The van der Waals surface area contributed by atoms with Crippen LogP contribution in [0.1, 0.15) is 181 Å².